The second-order valence-electron chi connectivity index (χ2n) is 3.61. The Labute approximate surface area is 97.1 Å². The van der Waals surface area contributed by atoms with E-state index in [1.165, 1.54) is 0 Å². The Balaban J connectivity index is 2.59. The number of aryl methyl sites for hydroxylation is 1. The lowest BCUT2D eigenvalue weighted by molar-refractivity contribution is -0.897. The number of rotatable bonds is 6. The van der Waals surface area contributed by atoms with Crippen molar-refractivity contribution in [2.24, 2.45) is 0 Å². The lowest BCUT2D eigenvalue weighted by atomic mass is 10.4. The first-order chi connectivity index (χ1) is 7.22. The third-order valence-corrected chi connectivity index (χ3v) is 3.10. The molecule has 0 aliphatic rings. The van der Waals surface area contributed by atoms with Crippen LogP contribution >= 0.6 is 0 Å². The number of nitrogens with one attached hydrogen (secondary N) is 1. The molecule has 0 aliphatic carbocycles. The highest BCUT2D eigenvalue weighted by Gasteiger charge is 2.06. The number of aromatic nitrogens is 3. The number of hydrogen-bond acceptors (Lipinski definition) is 3. The summed E-state index contributed by atoms with van der Waals surface area (Å²) in [5.41, 5.74) is 0. The molecule has 0 spiro atoms. The lowest BCUT2D eigenvalue weighted by Gasteiger charge is -2.18. The van der Waals surface area contributed by atoms with Gasteiger partial charge in [-0.25, -0.2) is 0 Å². The summed E-state index contributed by atoms with van der Waals surface area (Å²) in [4.78, 5) is 1.58. The Hall–Kier alpha value is -0.680. The fraction of sp³-hybridized carbons (Fsp3) is 0.800. The second-order valence-corrected chi connectivity index (χ2v) is 3.98. The van der Waals surface area contributed by atoms with Crippen LogP contribution in [0.25, 0.3) is 0 Å². The van der Waals surface area contributed by atoms with Crippen molar-refractivity contribution in [3.63, 3.8) is 0 Å². The van der Waals surface area contributed by atoms with Gasteiger partial charge in [-0.3, -0.25) is 0 Å². The maximum Gasteiger partial charge on any atom is 0.131 e. The van der Waals surface area contributed by atoms with Gasteiger partial charge in [-0.1, -0.05) is 6.92 Å². The van der Waals surface area contributed by atoms with E-state index in [0.717, 1.165) is 38.4 Å². The van der Waals surface area contributed by atoms with E-state index >= 15 is 0 Å². The van der Waals surface area contributed by atoms with E-state index in [9.17, 15) is 0 Å². The number of quaternary nitrogens is 1. The van der Waals surface area contributed by atoms with Crippen LogP contribution in [0.5, 0.6) is 0 Å². The average Bonchev–Trinajstić information content (AvgIpc) is 2.61. The molecule has 1 N–H and O–H groups in total. The first-order valence-electron chi connectivity index (χ1n) is 5.65. The van der Waals surface area contributed by atoms with E-state index in [4.69, 9.17) is 12.6 Å². The summed E-state index contributed by atoms with van der Waals surface area (Å²) >= 11 is 5.14. The molecule has 1 aromatic rings. The van der Waals surface area contributed by atoms with Crippen molar-refractivity contribution in [2.75, 3.05) is 19.6 Å². The molecular formula is C10H20N4S. The zero-order valence-corrected chi connectivity index (χ0v) is 10.6. The lowest BCUT2D eigenvalue weighted by Crippen LogP contribution is -3.11. The van der Waals surface area contributed by atoms with Crippen molar-refractivity contribution in [2.45, 2.75) is 38.9 Å². The van der Waals surface area contributed by atoms with E-state index < -0.39 is 0 Å². The van der Waals surface area contributed by atoms with Gasteiger partial charge in [0.2, 0.25) is 0 Å². The summed E-state index contributed by atoms with van der Waals surface area (Å²) in [7, 11) is 0. The van der Waals surface area contributed by atoms with Gasteiger partial charge >= 0.3 is 0 Å². The van der Waals surface area contributed by atoms with Gasteiger partial charge in [-0.2, -0.15) is 5.10 Å². The topological polar surface area (TPSA) is 35.1 Å². The van der Waals surface area contributed by atoms with Gasteiger partial charge in [0.25, 0.3) is 0 Å². The average molecular weight is 228 g/mol. The van der Waals surface area contributed by atoms with Gasteiger partial charge in [0.1, 0.15) is 5.82 Å². The maximum absolute atomic E-state index is 5.14. The van der Waals surface area contributed by atoms with Crippen LogP contribution in [0.15, 0.2) is 5.16 Å². The standard InChI is InChI=1S/C10H20N4S/c1-4-9-11-12-10(15)14(9)8-7-13(5-2)6-3/h4-8H2,1-3H3,(H,12,15). The molecule has 0 amide bonds. The minimum atomic E-state index is 0.624. The monoisotopic (exact) mass is 228 g/mol. The molecule has 0 radical (unpaired) electrons. The molecule has 4 nitrogen and oxygen atoms in total. The van der Waals surface area contributed by atoms with E-state index in [2.05, 4.69) is 35.5 Å². The highest BCUT2D eigenvalue weighted by Crippen LogP contribution is 2.00. The van der Waals surface area contributed by atoms with E-state index in [1.54, 1.807) is 4.90 Å². The van der Waals surface area contributed by atoms with Gasteiger partial charge < -0.3 is 22.1 Å². The fourth-order valence-electron chi connectivity index (χ4n) is 1.68. The van der Waals surface area contributed by atoms with Crippen LogP contribution in [-0.4, -0.2) is 34.4 Å². The first kappa shape index (κ1) is 12.4. The minimum absolute atomic E-state index is 0.624. The largest absolute Gasteiger partial charge is 0.740 e. The molecule has 1 heterocycles. The smallest absolute Gasteiger partial charge is 0.131 e. The Bertz CT molecular complexity index is 294. The van der Waals surface area contributed by atoms with Crippen LogP contribution in [-0.2, 0) is 25.6 Å². The summed E-state index contributed by atoms with van der Waals surface area (Å²) in [6.45, 7) is 10.9. The zero-order chi connectivity index (χ0) is 11.3. The van der Waals surface area contributed by atoms with Crippen molar-refractivity contribution < 1.29 is 4.90 Å². The summed E-state index contributed by atoms with van der Waals surface area (Å²) in [6, 6.07) is 0. The van der Waals surface area contributed by atoms with Gasteiger partial charge in [-0.15, -0.1) is 5.10 Å². The zero-order valence-electron chi connectivity index (χ0n) is 9.79. The van der Waals surface area contributed by atoms with Crippen LogP contribution in [0, 0.1) is 0 Å². The first-order valence-corrected chi connectivity index (χ1v) is 6.06. The molecular weight excluding hydrogens is 208 g/mol. The van der Waals surface area contributed by atoms with E-state index in [0.29, 0.717) is 5.16 Å². The summed E-state index contributed by atoms with van der Waals surface area (Å²) in [5.74, 6) is 1.01. The third-order valence-electron chi connectivity index (χ3n) is 2.80. The molecule has 86 valence electrons. The summed E-state index contributed by atoms with van der Waals surface area (Å²) in [6.07, 6.45) is 0.900. The molecule has 0 fully saturated rings. The molecule has 1 aromatic heterocycles. The Morgan fingerprint density at radius 2 is 1.87 bits per heavy atom. The van der Waals surface area contributed by atoms with Gasteiger partial charge in [-0.05, 0) is 13.8 Å². The van der Waals surface area contributed by atoms with Gasteiger partial charge in [0.05, 0.1) is 26.2 Å². The van der Waals surface area contributed by atoms with Crippen molar-refractivity contribution in [1.29, 1.82) is 0 Å². The SMILES string of the molecule is CCc1nnc([S-])n1CC[NH+](CC)CC. The normalized spacial score (nSPS) is 11.2. The predicted molar refractivity (Wildman–Crippen MR) is 61.9 cm³/mol. The maximum atomic E-state index is 5.14. The number of hydrogen-bond donors (Lipinski definition) is 1. The van der Waals surface area contributed by atoms with Crippen molar-refractivity contribution >= 4 is 12.6 Å². The molecule has 1 rings (SSSR count). The van der Waals surface area contributed by atoms with Gasteiger partial charge in [0.15, 0.2) is 0 Å². The van der Waals surface area contributed by atoms with Crippen LogP contribution < -0.4 is 4.90 Å². The molecule has 0 bridgehead atoms. The molecule has 5 heteroatoms. The highest BCUT2D eigenvalue weighted by atomic mass is 32.1. The fourth-order valence-corrected chi connectivity index (χ4v) is 1.92. The highest BCUT2D eigenvalue weighted by molar-refractivity contribution is 7.58. The van der Waals surface area contributed by atoms with Crippen molar-refractivity contribution in [1.82, 2.24) is 14.8 Å². The van der Waals surface area contributed by atoms with Crippen LogP contribution in [0.4, 0.5) is 0 Å². The third kappa shape index (κ3) is 3.14. The van der Waals surface area contributed by atoms with Crippen LogP contribution in [0.1, 0.15) is 26.6 Å². The molecule has 0 aromatic carbocycles. The Kier molecular flexibility index (Phi) is 4.98. The predicted octanol–water partition coefficient (Wildman–Crippen LogP) is -0.329. The second kappa shape index (κ2) is 6.02. The Morgan fingerprint density at radius 1 is 1.20 bits per heavy atom. The molecule has 0 saturated carbocycles. The molecule has 0 aliphatic heterocycles. The van der Waals surface area contributed by atoms with Crippen LogP contribution in [0.3, 0.4) is 0 Å². The summed E-state index contributed by atoms with van der Waals surface area (Å²) in [5, 5.41) is 8.62. The van der Waals surface area contributed by atoms with Gasteiger partial charge in [0, 0.05) is 11.6 Å². The van der Waals surface area contributed by atoms with E-state index in [-0.39, 0.29) is 0 Å². The molecule has 15 heavy (non-hydrogen) atoms. The quantitative estimate of drug-likeness (QED) is 0.677. The molecule has 0 unspecified atom stereocenters. The van der Waals surface area contributed by atoms with E-state index in [1.807, 2.05) is 0 Å². The minimum Gasteiger partial charge on any atom is -0.740 e. The van der Waals surface area contributed by atoms with Crippen molar-refractivity contribution in [3.05, 3.63) is 5.82 Å². The number of likely N-dealkylation sites (N-methyl/N-ethyl adjacent to an activating group) is 1. The molecule has 0 atom stereocenters. The molecule has 0 saturated heterocycles. The summed E-state index contributed by atoms with van der Waals surface area (Å²) < 4.78 is 2.06. The Morgan fingerprint density at radius 3 is 2.40 bits per heavy atom. The van der Waals surface area contributed by atoms with Crippen molar-refractivity contribution in [3.8, 4) is 0 Å². The number of nitrogens with zero attached hydrogens (tertiary/aromatic N) is 3. The van der Waals surface area contributed by atoms with Crippen LogP contribution in [0.2, 0.25) is 0 Å².